The highest BCUT2D eigenvalue weighted by atomic mass is 32.2. The lowest BCUT2D eigenvalue weighted by Crippen LogP contribution is -2.02. The van der Waals surface area contributed by atoms with E-state index in [4.69, 9.17) is 0 Å². The number of hydrogen-bond acceptors (Lipinski definition) is 5. The van der Waals surface area contributed by atoms with E-state index in [1.807, 2.05) is 18.2 Å². The van der Waals surface area contributed by atoms with Crippen LogP contribution >= 0.6 is 11.3 Å². The van der Waals surface area contributed by atoms with Crippen molar-refractivity contribution in [2.75, 3.05) is 0 Å². The molecular weight excluding hydrogens is 328 g/mol. The second-order valence-corrected chi connectivity index (χ2v) is 8.01. The highest BCUT2D eigenvalue weighted by Crippen LogP contribution is 2.23. The van der Waals surface area contributed by atoms with E-state index >= 15 is 0 Å². The van der Waals surface area contributed by atoms with Crippen LogP contribution in [0.3, 0.4) is 0 Å². The van der Waals surface area contributed by atoms with Gasteiger partial charge in [-0.15, -0.1) is 10.2 Å². The van der Waals surface area contributed by atoms with Gasteiger partial charge in [0.25, 0.3) is 0 Å². The summed E-state index contributed by atoms with van der Waals surface area (Å²) in [6.07, 6.45) is 6.22. The van der Waals surface area contributed by atoms with Gasteiger partial charge in [0.1, 0.15) is 10.0 Å². The Bertz CT molecular complexity index is 571. The summed E-state index contributed by atoms with van der Waals surface area (Å²) in [7, 11) is 0. The molecule has 6 heteroatoms. The summed E-state index contributed by atoms with van der Waals surface area (Å²) < 4.78 is 19.4. The van der Waals surface area contributed by atoms with Gasteiger partial charge in [-0.2, -0.15) is 0 Å². The number of benzene rings is 1. The maximum absolute atomic E-state index is 9.70. The van der Waals surface area contributed by atoms with E-state index in [1.165, 1.54) is 36.3 Å². The summed E-state index contributed by atoms with van der Waals surface area (Å²) >= 11 is -0.145. The normalized spacial score (nSPS) is 11.9. The third kappa shape index (κ3) is 8.34. The summed E-state index contributed by atoms with van der Waals surface area (Å²) in [5, 5.41) is 10.5. The number of unbranched alkanes of at least 4 members (excludes halogenated alkanes) is 3. The topological polar surface area (TPSA) is 65.9 Å². The first-order valence-electron chi connectivity index (χ1n) is 8.00. The lowest BCUT2D eigenvalue weighted by Gasteiger charge is -2.05. The maximum Gasteiger partial charge on any atom is 0.147 e. The molecule has 0 aliphatic heterocycles. The van der Waals surface area contributed by atoms with Crippen molar-refractivity contribution in [2.24, 2.45) is 0 Å². The SMILES string of the molecule is CC(C)S(=O)[O-].CCCCCCc1nnc(-c2ccccc2)s1. The molecule has 0 spiro atoms. The molecule has 0 radical (unpaired) electrons. The van der Waals surface area contributed by atoms with Crippen molar-refractivity contribution in [1.82, 2.24) is 10.2 Å². The van der Waals surface area contributed by atoms with Gasteiger partial charge >= 0.3 is 0 Å². The third-order valence-corrected chi connectivity index (χ3v) is 4.92. The van der Waals surface area contributed by atoms with Crippen LogP contribution in [0.25, 0.3) is 10.6 Å². The van der Waals surface area contributed by atoms with E-state index in [9.17, 15) is 8.76 Å². The van der Waals surface area contributed by atoms with E-state index in [1.54, 1.807) is 25.2 Å². The lowest BCUT2D eigenvalue weighted by molar-refractivity contribution is 0.528. The Labute approximate surface area is 145 Å². The molecule has 1 atom stereocenters. The monoisotopic (exact) mass is 353 g/mol. The van der Waals surface area contributed by atoms with Crippen LogP contribution in [0.15, 0.2) is 30.3 Å². The van der Waals surface area contributed by atoms with Crippen LogP contribution in [0.2, 0.25) is 0 Å². The highest BCUT2D eigenvalue weighted by Gasteiger charge is 2.05. The van der Waals surface area contributed by atoms with Gasteiger partial charge < -0.3 is 4.55 Å². The molecule has 0 amide bonds. The zero-order valence-corrected chi connectivity index (χ0v) is 15.7. The largest absolute Gasteiger partial charge is 0.772 e. The van der Waals surface area contributed by atoms with Gasteiger partial charge in [-0.25, -0.2) is 0 Å². The number of aromatic nitrogens is 2. The van der Waals surface area contributed by atoms with Crippen molar-refractivity contribution in [1.29, 1.82) is 0 Å². The molecule has 1 aromatic carbocycles. The van der Waals surface area contributed by atoms with Crippen LogP contribution < -0.4 is 0 Å². The zero-order valence-electron chi connectivity index (χ0n) is 14.0. The molecule has 1 aromatic heterocycles. The summed E-state index contributed by atoms with van der Waals surface area (Å²) in [5.41, 5.74) is 1.17. The highest BCUT2D eigenvalue weighted by molar-refractivity contribution is 7.79. The van der Waals surface area contributed by atoms with E-state index < -0.39 is 11.1 Å². The Kier molecular flexibility index (Phi) is 9.91. The van der Waals surface area contributed by atoms with E-state index in [2.05, 4.69) is 29.3 Å². The molecule has 1 heterocycles. The summed E-state index contributed by atoms with van der Waals surface area (Å²) in [5.74, 6) is 0. The molecule has 4 nitrogen and oxygen atoms in total. The van der Waals surface area contributed by atoms with Crippen molar-refractivity contribution < 1.29 is 8.76 Å². The van der Waals surface area contributed by atoms with Crippen LogP contribution in [0.4, 0.5) is 0 Å². The maximum atomic E-state index is 9.70. The Balaban J connectivity index is 0.000000379. The molecule has 23 heavy (non-hydrogen) atoms. The van der Waals surface area contributed by atoms with Crippen molar-refractivity contribution in [3.05, 3.63) is 35.3 Å². The van der Waals surface area contributed by atoms with Crippen molar-refractivity contribution >= 4 is 22.4 Å². The van der Waals surface area contributed by atoms with Gasteiger partial charge in [-0.1, -0.05) is 92.8 Å². The first-order chi connectivity index (χ1) is 11.0. The molecule has 0 bridgehead atoms. The van der Waals surface area contributed by atoms with Gasteiger partial charge in [0.05, 0.1) is 0 Å². The minimum atomic E-state index is -1.87. The van der Waals surface area contributed by atoms with E-state index in [-0.39, 0.29) is 5.25 Å². The van der Waals surface area contributed by atoms with Crippen LogP contribution in [-0.4, -0.2) is 24.2 Å². The zero-order chi connectivity index (χ0) is 17.1. The first-order valence-corrected chi connectivity index (χ1v) is 9.96. The van der Waals surface area contributed by atoms with Crippen LogP contribution in [0.1, 0.15) is 51.5 Å². The fourth-order valence-electron chi connectivity index (χ4n) is 1.76. The standard InChI is InChI=1S/C14H18N2S.C3H8O2S/c1-2-3-4-8-11-13-15-16-14(17-13)12-9-6-5-7-10-12;1-3(2)6(4)5/h5-7,9-10H,2-4,8,11H2,1H3;3H,1-2H3,(H,4,5)/p-1. The van der Waals surface area contributed by atoms with Gasteiger partial charge in [-0.3, -0.25) is 4.21 Å². The molecule has 0 aliphatic carbocycles. The lowest BCUT2D eigenvalue weighted by atomic mass is 10.2. The molecule has 2 rings (SSSR count). The van der Waals surface area contributed by atoms with Crippen LogP contribution in [0.5, 0.6) is 0 Å². The minimum absolute atomic E-state index is 0.231. The Morgan fingerprint density at radius 3 is 2.35 bits per heavy atom. The fraction of sp³-hybridized carbons (Fsp3) is 0.529. The van der Waals surface area contributed by atoms with Gasteiger partial charge in [0.15, 0.2) is 0 Å². The predicted octanol–water partition coefficient (Wildman–Crippen LogP) is 4.60. The molecule has 0 saturated carbocycles. The Morgan fingerprint density at radius 1 is 1.13 bits per heavy atom. The fourth-order valence-corrected chi connectivity index (χ4v) is 2.64. The van der Waals surface area contributed by atoms with Crippen molar-refractivity contribution in [2.45, 2.75) is 58.1 Å². The second kappa shape index (κ2) is 11.4. The van der Waals surface area contributed by atoms with Crippen LogP contribution in [0, 0.1) is 0 Å². The quantitative estimate of drug-likeness (QED) is 0.539. The molecule has 0 N–H and O–H groups in total. The first kappa shape index (κ1) is 19.9. The Morgan fingerprint density at radius 2 is 1.78 bits per heavy atom. The Hall–Kier alpha value is -1.11. The molecule has 0 saturated heterocycles. The van der Waals surface area contributed by atoms with E-state index in [0.29, 0.717) is 0 Å². The third-order valence-electron chi connectivity index (χ3n) is 3.12. The van der Waals surface area contributed by atoms with E-state index in [0.717, 1.165) is 11.4 Å². The number of hydrogen-bond donors (Lipinski definition) is 0. The molecule has 0 fully saturated rings. The smallest absolute Gasteiger partial charge is 0.147 e. The average molecular weight is 354 g/mol. The number of nitrogens with zero attached hydrogens (tertiary/aromatic N) is 2. The molecule has 0 aliphatic rings. The average Bonchev–Trinajstić information content (AvgIpc) is 3.02. The second-order valence-electron chi connectivity index (χ2n) is 5.49. The predicted molar refractivity (Wildman–Crippen MR) is 97.2 cm³/mol. The molecule has 1 unspecified atom stereocenters. The molecule has 2 aromatic rings. The van der Waals surface area contributed by atoms with Gasteiger partial charge in [0.2, 0.25) is 0 Å². The minimum Gasteiger partial charge on any atom is -0.772 e. The van der Waals surface area contributed by atoms with Crippen LogP contribution in [-0.2, 0) is 17.5 Å². The van der Waals surface area contributed by atoms with Gasteiger partial charge in [0, 0.05) is 17.2 Å². The number of aryl methyl sites for hydroxylation is 1. The molecule has 128 valence electrons. The summed E-state index contributed by atoms with van der Waals surface area (Å²) in [4.78, 5) is 0. The van der Waals surface area contributed by atoms with Crippen molar-refractivity contribution in [3.63, 3.8) is 0 Å². The van der Waals surface area contributed by atoms with Gasteiger partial charge in [-0.05, 0) is 6.42 Å². The molecular formula is C17H25N2O2S2-. The summed E-state index contributed by atoms with van der Waals surface area (Å²) in [6, 6.07) is 10.3. The number of rotatable bonds is 7. The van der Waals surface area contributed by atoms with Crippen molar-refractivity contribution in [3.8, 4) is 10.6 Å². The summed E-state index contributed by atoms with van der Waals surface area (Å²) in [6.45, 7) is 5.49.